The molecule has 0 aliphatic carbocycles. The Balaban J connectivity index is 2.31. The number of halogens is 3. The Morgan fingerprint density at radius 2 is 1.86 bits per heavy atom. The molecule has 0 saturated carbocycles. The number of benzene rings is 2. The van der Waals surface area contributed by atoms with Crippen molar-refractivity contribution in [3.8, 4) is 0 Å². The van der Waals surface area contributed by atoms with Gasteiger partial charge in [0.25, 0.3) is 5.91 Å². The summed E-state index contributed by atoms with van der Waals surface area (Å²) in [5, 5.41) is 11.5. The van der Waals surface area contributed by atoms with E-state index in [0.29, 0.717) is 9.50 Å². The van der Waals surface area contributed by atoms with Gasteiger partial charge >= 0.3 is 5.97 Å². The third-order valence-electron chi connectivity index (χ3n) is 2.59. The van der Waals surface area contributed by atoms with E-state index in [9.17, 15) is 14.0 Å². The number of aromatic carboxylic acids is 1. The average Bonchev–Trinajstić information content (AvgIpc) is 2.39. The van der Waals surface area contributed by atoms with E-state index in [-0.39, 0.29) is 16.8 Å². The highest BCUT2D eigenvalue weighted by Crippen LogP contribution is 2.22. The molecule has 2 N–H and O–H groups in total. The van der Waals surface area contributed by atoms with E-state index >= 15 is 0 Å². The lowest BCUT2D eigenvalue weighted by atomic mass is 10.1. The Morgan fingerprint density at radius 3 is 2.48 bits per heavy atom. The van der Waals surface area contributed by atoms with Gasteiger partial charge in [0, 0.05) is 15.1 Å². The van der Waals surface area contributed by atoms with Crippen LogP contribution in [0.5, 0.6) is 0 Å². The number of carboxylic acids is 1. The lowest BCUT2D eigenvalue weighted by molar-refractivity contribution is 0.0696. The number of amides is 1. The van der Waals surface area contributed by atoms with Crippen molar-refractivity contribution < 1.29 is 19.1 Å². The molecule has 0 spiro atoms. The van der Waals surface area contributed by atoms with Gasteiger partial charge in [0.15, 0.2) is 0 Å². The quantitative estimate of drug-likeness (QED) is 0.849. The molecule has 2 rings (SSSR count). The lowest BCUT2D eigenvalue weighted by Gasteiger charge is -2.08. The highest BCUT2D eigenvalue weighted by Gasteiger charge is 2.13. The second kappa shape index (κ2) is 6.24. The van der Waals surface area contributed by atoms with Crippen molar-refractivity contribution in [2.24, 2.45) is 0 Å². The van der Waals surface area contributed by atoms with Crippen LogP contribution in [0.3, 0.4) is 0 Å². The smallest absolute Gasteiger partial charge is 0.335 e. The molecule has 0 unspecified atom stereocenters. The Morgan fingerprint density at radius 1 is 1.14 bits per heavy atom. The van der Waals surface area contributed by atoms with E-state index in [1.165, 1.54) is 12.1 Å². The Bertz CT molecular complexity index is 716. The topological polar surface area (TPSA) is 66.4 Å². The van der Waals surface area contributed by atoms with E-state index in [0.717, 1.165) is 18.2 Å². The van der Waals surface area contributed by atoms with Gasteiger partial charge in [0.1, 0.15) is 5.82 Å². The summed E-state index contributed by atoms with van der Waals surface area (Å²) in [4.78, 5) is 22.9. The molecule has 0 aliphatic heterocycles. The fourth-order valence-corrected chi connectivity index (χ4v) is 2.49. The molecule has 0 aliphatic rings. The van der Waals surface area contributed by atoms with Gasteiger partial charge in [0.05, 0.1) is 11.3 Å². The first-order valence-corrected chi connectivity index (χ1v) is 6.84. The van der Waals surface area contributed by atoms with Gasteiger partial charge in [-0.25, -0.2) is 9.18 Å². The molecular weight excluding hydrogens is 365 g/mol. The Hall–Kier alpha value is -1.92. The Labute approximate surface area is 132 Å². The predicted molar refractivity (Wildman–Crippen MR) is 80.5 cm³/mol. The predicted octanol–water partition coefficient (Wildman–Crippen LogP) is 4.19. The maximum atomic E-state index is 13.6. The second-order valence-corrected chi connectivity index (χ2v) is 5.46. The van der Waals surface area contributed by atoms with Crippen LogP contribution >= 0.6 is 27.5 Å². The molecule has 2 aromatic carbocycles. The minimum Gasteiger partial charge on any atom is -0.478 e. The zero-order valence-electron chi connectivity index (χ0n) is 10.4. The van der Waals surface area contributed by atoms with Crippen LogP contribution in [0.2, 0.25) is 5.02 Å². The normalized spacial score (nSPS) is 10.2. The first-order chi connectivity index (χ1) is 9.86. The van der Waals surface area contributed by atoms with Crippen LogP contribution in [-0.4, -0.2) is 17.0 Å². The van der Waals surface area contributed by atoms with Crippen LogP contribution in [0.1, 0.15) is 20.7 Å². The summed E-state index contributed by atoms with van der Waals surface area (Å²) in [7, 11) is 0. The molecule has 0 bridgehead atoms. The Kier molecular flexibility index (Phi) is 4.59. The maximum Gasteiger partial charge on any atom is 0.335 e. The molecule has 0 heterocycles. The van der Waals surface area contributed by atoms with Crippen molar-refractivity contribution in [1.82, 2.24) is 0 Å². The number of hydrogen-bond donors (Lipinski definition) is 2. The number of rotatable bonds is 3. The van der Waals surface area contributed by atoms with Gasteiger partial charge in [-0.3, -0.25) is 4.79 Å². The van der Waals surface area contributed by atoms with Crippen molar-refractivity contribution in [2.45, 2.75) is 0 Å². The van der Waals surface area contributed by atoms with Crippen LogP contribution in [0, 0.1) is 5.82 Å². The molecule has 2 aromatic rings. The molecule has 0 fully saturated rings. The molecule has 0 radical (unpaired) electrons. The largest absolute Gasteiger partial charge is 0.478 e. The standard InChI is InChI=1S/C14H8BrClFNO3/c15-9-3-8(4-10(16)6-9)13(19)18-12-5-7(14(20)21)1-2-11(12)17/h1-6H,(H,18,19)(H,20,21). The first-order valence-electron chi connectivity index (χ1n) is 5.67. The van der Waals surface area contributed by atoms with E-state index in [1.54, 1.807) is 6.07 Å². The zero-order chi connectivity index (χ0) is 15.6. The van der Waals surface area contributed by atoms with Crippen LogP contribution in [-0.2, 0) is 0 Å². The summed E-state index contributed by atoms with van der Waals surface area (Å²) >= 11 is 9.03. The summed E-state index contributed by atoms with van der Waals surface area (Å²) in [6.45, 7) is 0. The van der Waals surface area contributed by atoms with Crippen molar-refractivity contribution in [3.05, 3.63) is 62.8 Å². The molecule has 0 aromatic heterocycles. The molecule has 7 heteroatoms. The fraction of sp³-hybridized carbons (Fsp3) is 0. The lowest BCUT2D eigenvalue weighted by Crippen LogP contribution is -2.13. The summed E-state index contributed by atoms with van der Waals surface area (Å²) < 4.78 is 14.2. The van der Waals surface area contributed by atoms with Crippen molar-refractivity contribution in [3.63, 3.8) is 0 Å². The minimum absolute atomic E-state index is 0.126. The van der Waals surface area contributed by atoms with Gasteiger partial charge in [-0.15, -0.1) is 0 Å². The van der Waals surface area contributed by atoms with E-state index < -0.39 is 17.7 Å². The van der Waals surface area contributed by atoms with E-state index in [1.807, 2.05) is 0 Å². The van der Waals surface area contributed by atoms with Gasteiger partial charge in [-0.1, -0.05) is 27.5 Å². The molecule has 0 atom stereocenters. The highest BCUT2D eigenvalue weighted by atomic mass is 79.9. The maximum absolute atomic E-state index is 13.6. The van der Waals surface area contributed by atoms with E-state index in [2.05, 4.69) is 21.2 Å². The van der Waals surface area contributed by atoms with Crippen molar-refractivity contribution >= 4 is 45.1 Å². The van der Waals surface area contributed by atoms with Crippen LogP contribution in [0.25, 0.3) is 0 Å². The summed E-state index contributed by atoms with van der Waals surface area (Å²) in [6.07, 6.45) is 0. The molecule has 1 amide bonds. The molecule has 4 nitrogen and oxygen atoms in total. The van der Waals surface area contributed by atoms with Gasteiger partial charge < -0.3 is 10.4 Å². The van der Waals surface area contributed by atoms with Crippen molar-refractivity contribution in [1.29, 1.82) is 0 Å². The number of carboxylic acid groups (broad SMARTS) is 1. The SMILES string of the molecule is O=C(O)c1ccc(F)c(NC(=O)c2cc(Cl)cc(Br)c2)c1. The monoisotopic (exact) mass is 371 g/mol. The number of anilines is 1. The molecule has 21 heavy (non-hydrogen) atoms. The molecule has 0 saturated heterocycles. The zero-order valence-corrected chi connectivity index (χ0v) is 12.7. The molecule has 108 valence electrons. The minimum atomic E-state index is -1.21. The van der Waals surface area contributed by atoms with Crippen molar-refractivity contribution in [2.75, 3.05) is 5.32 Å². The van der Waals surface area contributed by atoms with Gasteiger partial charge in [-0.2, -0.15) is 0 Å². The third-order valence-corrected chi connectivity index (χ3v) is 3.26. The first kappa shape index (κ1) is 15.5. The van der Waals surface area contributed by atoms with Crippen LogP contribution in [0.15, 0.2) is 40.9 Å². The van der Waals surface area contributed by atoms with E-state index in [4.69, 9.17) is 16.7 Å². The fourth-order valence-electron chi connectivity index (χ4n) is 1.63. The highest BCUT2D eigenvalue weighted by molar-refractivity contribution is 9.10. The van der Waals surface area contributed by atoms with Crippen LogP contribution in [0.4, 0.5) is 10.1 Å². The average molecular weight is 373 g/mol. The van der Waals surface area contributed by atoms with Gasteiger partial charge in [0.2, 0.25) is 0 Å². The summed E-state index contributed by atoms with van der Waals surface area (Å²) in [6, 6.07) is 7.68. The number of nitrogens with one attached hydrogen (secondary N) is 1. The van der Waals surface area contributed by atoms with Crippen LogP contribution < -0.4 is 5.32 Å². The number of carbonyl (C=O) groups excluding carboxylic acids is 1. The molecular formula is C14H8BrClFNO3. The third kappa shape index (κ3) is 3.80. The summed E-state index contributed by atoms with van der Waals surface area (Å²) in [5.41, 5.74) is -0.121. The number of hydrogen-bond acceptors (Lipinski definition) is 2. The van der Waals surface area contributed by atoms with Gasteiger partial charge in [-0.05, 0) is 36.4 Å². The second-order valence-electron chi connectivity index (χ2n) is 4.11. The number of carbonyl (C=O) groups is 2. The summed E-state index contributed by atoms with van der Waals surface area (Å²) in [5.74, 6) is -2.54.